The van der Waals surface area contributed by atoms with Crippen molar-refractivity contribution in [1.29, 1.82) is 0 Å². The van der Waals surface area contributed by atoms with Crippen LogP contribution in [0.5, 0.6) is 0 Å². The topological polar surface area (TPSA) is 41.7 Å². The summed E-state index contributed by atoms with van der Waals surface area (Å²) in [6.45, 7) is 13.5. The predicted octanol–water partition coefficient (Wildman–Crippen LogP) is 4.35. The van der Waals surface area contributed by atoms with Crippen molar-refractivity contribution in [2.24, 2.45) is 16.7 Å². The fourth-order valence-electron chi connectivity index (χ4n) is 5.02. The highest BCUT2D eigenvalue weighted by Gasteiger charge is 2.53. The number of carbonyl (C=O) groups excluding carboxylic acids is 2. The first kappa shape index (κ1) is 18.4. The Morgan fingerprint density at radius 2 is 1.85 bits per heavy atom. The van der Waals surface area contributed by atoms with E-state index in [4.69, 9.17) is 6.57 Å². The maximum Gasteiger partial charge on any atom is 0.253 e. The Balaban J connectivity index is 1.88. The molecule has 136 valence electrons. The highest BCUT2D eigenvalue weighted by molar-refractivity contribution is 6.02. The Hall–Kier alpha value is -2.41. The maximum atomic E-state index is 12.8. The van der Waals surface area contributed by atoms with Crippen molar-refractivity contribution < 1.29 is 9.59 Å². The van der Waals surface area contributed by atoms with Gasteiger partial charge in [-0.15, -0.1) is 0 Å². The maximum absolute atomic E-state index is 12.8. The number of allylic oxidation sites excluding steroid dienone is 2. The van der Waals surface area contributed by atoms with Crippen LogP contribution in [-0.2, 0) is 4.79 Å². The fraction of sp³-hybridized carbons (Fsp3) is 0.500. The smallest absolute Gasteiger partial charge is 0.253 e. The Labute approximate surface area is 155 Å². The molecule has 0 bridgehead atoms. The zero-order valence-corrected chi connectivity index (χ0v) is 16.0. The van der Waals surface area contributed by atoms with Gasteiger partial charge in [-0.1, -0.05) is 45.0 Å². The number of fused-ring (bicyclic) bond motifs is 1. The molecule has 3 atom stereocenters. The van der Waals surface area contributed by atoms with Crippen LogP contribution in [0.3, 0.4) is 0 Å². The molecule has 0 aromatic heterocycles. The summed E-state index contributed by atoms with van der Waals surface area (Å²) < 4.78 is 0. The van der Waals surface area contributed by atoms with Crippen molar-refractivity contribution in [3.05, 3.63) is 59.1 Å². The SMILES string of the molecule is [C-]#[N+]C1=C[C@@]2(C)C[C@H](N(C)C(=O)c3ccccc3)CC[C@@H]2C(C)(C)C1=O. The van der Waals surface area contributed by atoms with E-state index in [0.717, 1.165) is 19.3 Å². The lowest BCUT2D eigenvalue weighted by atomic mass is 9.52. The lowest BCUT2D eigenvalue weighted by molar-refractivity contribution is -0.131. The van der Waals surface area contributed by atoms with Gasteiger partial charge in [0, 0.05) is 24.1 Å². The average molecular weight is 350 g/mol. The number of benzene rings is 1. The molecule has 2 aliphatic rings. The standard InChI is InChI=1S/C22H26N2O2/c1-21(2)18-12-11-16(13-22(18,3)14-17(23-4)19(21)25)24(5)20(26)15-9-7-6-8-10-15/h6-10,14,16,18H,11-13H2,1-3,5H3/t16-,18-,22-/m1/s1. The minimum Gasteiger partial charge on any atom is -0.339 e. The summed E-state index contributed by atoms with van der Waals surface area (Å²) in [5.41, 5.74) is 0.173. The van der Waals surface area contributed by atoms with Crippen LogP contribution in [-0.4, -0.2) is 29.7 Å². The first-order valence-electron chi connectivity index (χ1n) is 9.18. The molecule has 4 nitrogen and oxygen atoms in total. The Bertz CT molecular complexity index is 803. The van der Waals surface area contributed by atoms with Crippen molar-refractivity contribution in [3.8, 4) is 0 Å². The van der Waals surface area contributed by atoms with Crippen molar-refractivity contribution in [2.45, 2.75) is 46.1 Å². The molecule has 0 heterocycles. The summed E-state index contributed by atoms with van der Waals surface area (Å²) in [5, 5.41) is 0. The van der Waals surface area contributed by atoms with Gasteiger partial charge in [-0.05, 0) is 42.7 Å². The number of carbonyl (C=O) groups is 2. The third-order valence-corrected chi connectivity index (χ3v) is 6.42. The van der Waals surface area contributed by atoms with Crippen LogP contribution >= 0.6 is 0 Å². The summed E-state index contributed by atoms with van der Waals surface area (Å²) in [5.74, 6) is 0.185. The van der Waals surface area contributed by atoms with Crippen LogP contribution < -0.4 is 0 Å². The second kappa shape index (κ2) is 6.39. The van der Waals surface area contributed by atoms with Gasteiger partial charge in [-0.3, -0.25) is 4.79 Å². The van der Waals surface area contributed by atoms with Crippen molar-refractivity contribution in [2.75, 3.05) is 7.05 Å². The van der Waals surface area contributed by atoms with Crippen LogP contribution in [0.2, 0.25) is 0 Å². The van der Waals surface area contributed by atoms with Crippen molar-refractivity contribution in [3.63, 3.8) is 0 Å². The third kappa shape index (κ3) is 2.86. The van der Waals surface area contributed by atoms with Crippen LogP contribution in [0.15, 0.2) is 42.1 Å². The number of hydrogen-bond acceptors (Lipinski definition) is 2. The number of rotatable bonds is 2. The van der Waals surface area contributed by atoms with E-state index in [1.807, 2.05) is 62.2 Å². The van der Waals surface area contributed by atoms with Gasteiger partial charge in [-0.25, -0.2) is 4.85 Å². The van der Waals surface area contributed by atoms with Crippen LogP contribution in [0.1, 0.15) is 50.4 Å². The summed E-state index contributed by atoms with van der Waals surface area (Å²) in [6.07, 6.45) is 4.43. The van der Waals surface area contributed by atoms with E-state index in [1.54, 1.807) is 0 Å². The first-order chi connectivity index (χ1) is 12.2. The highest BCUT2D eigenvalue weighted by Crippen LogP contribution is 2.55. The monoisotopic (exact) mass is 350 g/mol. The molecule has 1 amide bonds. The van der Waals surface area contributed by atoms with Crippen LogP contribution in [0.25, 0.3) is 4.85 Å². The summed E-state index contributed by atoms with van der Waals surface area (Å²) >= 11 is 0. The van der Waals surface area contributed by atoms with Crippen LogP contribution in [0, 0.1) is 23.3 Å². The van der Waals surface area contributed by atoms with E-state index in [2.05, 4.69) is 11.8 Å². The molecule has 1 saturated carbocycles. The van der Waals surface area contributed by atoms with E-state index in [0.29, 0.717) is 5.56 Å². The predicted molar refractivity (Wildman–Crippen MR) is 101 cm³/mol. The summed E-state index contributed by atoms with van der Waals surface area (Å²) in [4.78, 5) is 30.8. The molecule has 0 saturated heterocycles. The molecule has 1 aromatic rings. The largest absolute Gasteiger partial charge is 0.339 e. The zero-order valence-electron chi connectivity index (χ0n) is 16.0. The third-order valence-electron chi connectivity index (χ3n) is 6.42. The minimum absolute atomic E-state index is 0.0261. The highest BCUT2D eigenvalue weighted by atomic mass is 16.2. The van der Waals surface area contributed by atoms with E-state index in [1.165, 1.54) is 0 Å². The van der Waals surface area contributed by atoms with E-state index in [-0.39, 0.29) is 34.8 Å². The first-order valence-corrected chi connectivity index (χ1v) is 9.18. The Morgan fingerprint density at radius 1 is 1.19 bits per heavy atom. The van der Waals surface area contributed by atoms with Gasteiger partial charge < -0.3 is 9.69 Å². The molecule has 0 radical (unpaired) electrons. The molecule has 2 aliphatic carbocycles. The molecule has 1 aromatic carbocycles. The second-order valence-electron chi connectivity index (χ2n) is 8.47. The zero-order chi connectivity index (χ0) is 19.1. The summed E-state index contributed by atoms with van der Waals surface area (Å²) in [7, 11) is 1.86. The van der Waals surface area contributed by atoms with E-state index < -0.39 is 5.41 Å². The number of ketones is 1. The van der Waals surface area contributed by atoms with Gasteiger partial charge >= 0.3 is 0 Å². The average Bonchev–Trinajstić information content (AvgIpc) is 2.63. The molecule has 4 heteroatoms. The molecule has 1 fully saturated rings. The fourth-order valence-corrected chi connectivity index (χ4v) is 5.02. The van der Waals surface area contributed by atoms with Crippen LogP contribution in [0.4, 0.5) is 0 Å². The number of amides is 1. The van der Waals surface area contributed by atoms with Gasteiger partial charge in [0.05, 0.1) is 6.57 Å². The Kier molecular flexibility index (Phi) is 4.52. The van der Waals surface area contributed by atoms with Crippen molar-refractivity contribution >= 4 is 11.7 Å². The van der Waals surface area contributed by atoms with Gasteiger partial charge in [0.2, 0.25) is 5.70 Å². The lowest BCUT2D eigenvalue weighted by Crippen LogP contribution is -2.53. The van der Waals surface area contributed by atoms with E-state index >= 15 is 0 Å². The molecule has 0 N–H and O–H groups in total. The lowest BCUT2D eigenvalue weighted by Gasteiger charge is -2.53. The number of nitrogens with zero attached hydrogens (tertiary/aromatic N) is 2. The second-order valence-corrected chi connectivity index (χ2v) is 8.47. The van der Waals surface area contributed by atoms with Gasteiger partial charge in [0.25, 0.3) is 5.91 Å². The van der Waals surface area contributed by atoms with Gasteiger partial charge in [-0.2, -0.15) is 0 Å². The molecule has 3 rings (SSSR count). The molecule has 0 unspecified atom stereocenters. The Morgan fingerprint density at radius 3 is 2.46 bits per heavy atom. The van der Waals surface area contributed by atoms with Gasteiger partial charge in [0.15, 0.2) is 5.78 Å². The van der Waals surface area contributed by atoms with Gasteiger partial charge in [0.1, 0.15) is 0 Å². The normalized spacial score (nSPS) is 30.0. The molecular weight excluding hydrogens is 324 g/mol. The van der Waals surface area contributed by atoms with Crippen molar-refractivity contribution in [1.82, 2.24) is 4.90 Å². The minimum atomic E-state index is -0.531. The number of hydrogen-bond donors (Lipinski definition) is 0. The number of Topliss-reactive ketones (excluding diaryl/α,β-unsaturated/α-hetero) is 1. The molecule has 0 aliphatic heterocycles. The summed E-state index contributed by atoms with van der Waals surface area (Å²) in [6, 6.07) is 9.44. The molecular formula is C22H26N2O2. The molecule has 26 heavy (non-hydrogen) atoms. The quantitative estimate of drug-likeness (QED) is 0.744. The molecule has 0 spiro atoms. The van der Waals surface area contributed by atoms with E-state index in [9.17, 15) is 9.59 Å².